The predicted octanol–water partition coefficient (Wildman–Crippen LogP) is 2.22. The summed E-state index contributed by atoms with van der Waals surface area (Å²) in [5, 5.41) is 5.68. The number of carbonyl (C=O) groups excluding carboxylic acids is 1. The highest BCUT2D eigenvalue weighted by Gasteiger charge is 2.11. The van der Waals surface area contributed by atoms with Crippen LogP contribution in [0.4, 0.5) is 5.69 Å². The van der Waals surface area contributed by atoms with E-state index in [9.17, 15) is 4.79 Å². The smallest absolute Gasteiger partial charge is 0.287 e. The molecular formula is C17H21IN4O4. The van der Waals surface area contributed by atoms with Crippen molar-refractivity contribution in [2.45, 2.75) is 6.42 Å². The molecule has 26 heavy (non-hydrogen) atoms. The van der Waals surface area contributed by atoms with Gasteiger partial charge in [-0.05, 0) is 24.3 Å². The molecule has 2 aromatic rings. The number of anilines is 1. The van der Waals surface area contributed by atoms with E-state index in [0.717, 1.165) is 17.9 Å². The lowest BCUT2D eigenvalue weighted by molar-refractivity contribution is 0.0927. The van der Waals surface area contributed by atoms with E-state index < -0.39 is 0 Å². The largest absolute Gasteiger partial charge is 0.490 e. The van der Waals surface area contributed by atoms with Crippen LogP contribution in [0.25, 0.3) is 0 Å². The summed E-state index contributed by atoms with van der Waals surface area (Å²) in [7, 11) is 0. The summed E-state index contributed by atoms with van der Waals surface area (Å²) in [5.41, 5.74) is 6.61. The van der Waals surface area contributed by atoms with Crippen LogP contribution >= 0.6 is 24.0 Å². The van der Waals surface area contributed by atoms with Gasteiger partial charge in [0.25, 0.3) is 5.91 Å². The molecule has 1 aromatic carbocycles. The van der Waals surface area contributed by atoms with Crippen LogP contribution in [0.1, 0.15) is 17.0 Å². The minimum Gasteiger partial charge on any atom is -0.490 e. The molecule has 1 amide bonds. The first kappa shape index (κ1) is 19.9. The van der Waals surface area contributed by atoms with E-state index >= 15 is 0 Å². The van der Waals surface area contributed by atoms with Gasteiger partial charge in [-0.1, -0.05) is 0 Å². The SMILES string of the molecule is I.NC(=NCCNC(=O)c1ccco1)Nc1ccc2c(c1)OCCCO2. The fourth-order valence-corrected chi connectivity index (χ4v) is 2.27. The molecule has 0 fully saturated rings. The Labute approximate surface area is 168 Å². The first-order chi connectivity index (χ1) is 12.2. The normalized spacial score (nSPS) is 13.3. The van der Waals surface area contributed by atoms with Gasteiger partial charge in [-0.3, -0.25) is 9.79 Å². The van der Waals surface area contributed by atoms with E-state index in [-0.39, 0.29) is 41.6 Å². The molecule has 0 bridgehead atoms. The zero-order chi connectivity index (χ0) is 17.5. The molecule has 0 radical (unpaired) electrons. The zero-order valence-electron chi connectivity index (χ0n) is 14.1. The lowest BCUT2D eigenvalue weighted by atomic mass is 10.3. The van der Waals surface area contributed by atoms with Crippen LogP contribution in [0.5, 0.6) is 11.5 Å². The van der Waals surface area contributed by atoms with Crippen molar-refractivity contribution in [1.29, 1.82) is 0 Å². The molecular weight excluding hydrogens is 451 g/mol. The molecule has 0 aliphatic carbocycles. The summed E-state index contributed by atoms with van der Waals surface area (Å²) in [6.45, 7) is 1.96. The van der Waals surface area contributed by atoms with Gasteiger partial charge < -0.3 is 30.3 Å². The number of guanidine groups is 1. The summed E-state index contributed by atoms with van der Waals surface area (Å²) >= 11 is 0. The zero-order valence-corrected chi connectivity index (χ0v) is 16.4. The maximum atomic E-state index is 11.7. The fourth-order valence-electron chi connectivity index (χ4n) is 2.27. The third-order valence-corrected chi connectivity index (χ3v) is 3.44. The summed E-state index contributed by atoms with van der Waals surface area (Å²) in [4.78, 5) is 15.8. The number of rotatable bonds is 5. The minimum absolute atomic E-state index is 0. The molecule has 140 valence electrons. The first-order valence-electron chi connectivity index (χ1n) is 8.00. The second-order valence-corrected chi connectivity index (χ2v) is 5.34. The topological polar surface area (TPSA) is 111 Å². The molecule has 3 rings (SSSR count). The van der Waals surface area contributed by atoms with E-state index in [2.05, 4.69) is 15.6 Å². The van der Waals surface area contributed by atoms with Crippen molar-refractivity contribution in [2.75, 3.05) is 31.6 Å². The van der Waals surface area contributed by atoms with Gasteiger partial charge in [0.05, 0.1) is 26.0 Å². The highest BCUT2D eigenvalue weighted by atomic mass is 127. The molecule has 0 unspecified atom stereocenters. The van der Waals surface area contributed by atoms with Crippen molar-refractivity contribution in [3.05, 3.63) is 42.4 Å². The maximum Gasteiger partial charge on any atom is 0.287 e. The number of benzene rings is 1. The molecule has 0 atom stereocenters. The average molecular weight is 472 g/mol. The predicted molar refractivity (Wildman–Crippen MR) is 109 cm³/mol. The molecule has 2 heterocycles. The number of hydrogen-bond acceptors (Lipinski definition) is 5. The number of nitrogens with two attached hydrogens (primary N) is 1. The van der Waals surface area contributed by atoms with Crippen LogP contribution in [0.3, 0.4) is 0 Å². The van der Waals surface area contributed by atoms with Gasteiger partial charge in [0.1, 0.15) is 0 Å². The number of furan rings is 1. The van der Waals surface area contributed by atoms with E-state index in [4.69, 9.17) is 19.6 Å². The summed E-state index contributed by atoms with van der Waals surface area (Å²) in [6.07, 6.45) is 2.30. The number of hydrogen-bond donors (Lipinski definition) is 3. The molecule has 9 heteroatoms. The number of carbonyl (C=O) groups is 1. The van der Waals surface area contributed by atoms with Gasteiger partial charge in [0.2, 0.25) is 0 Å². The molecule has 8 nitrogen and oxygen atoms in total. The fraction of sp³-hybridized carbons (Fsp3) is 0.294. The number of halogens is 1. The van der Waals surface area contributed by atoms with Crippen molar-refractivity contribution in [1.82, 2.24) is 5.32 Å². The molecule has 0 saturated carbocycles. The second kappa shape index (κ2) is 9.90. The second-order valence-electron chi connectivity index (χ2n) is 5.34. The lowest BCUT2D eigenvalue weighted by Crippen LogP contribution is -2.28. The van der Waals surface area contributed by atoms with Crippen LogP contribution < -0.4 is 25.8 Å². The third kappa shape index (κ3) is 5.55. The van der Waals surface area contributed by atoms with Crippen molar-refractivity contribution in [2.24, 2.45) is 10.7 Å². The van der Waals surface area contributed by atoms with E-state index in [1.807, 2.05) is 18.2 Å². The van der Waals surface area contributed by atoms with Crippen LogP contribution in [-0.2, 0) is 0 Å². The van der Waals surface area contributed by atoms with Gasteiger partial charge in [0, 0.05) is 24.7 Å². The molecule has 1 aliphatic rings. The third-order valence-electron chi connectivity index (χ3n) is 3.44. The Morgan fingerprint density at radius 3 is 2.77 bits per heavy atom. The van der Waals surface area contributed by atoms with Gasteiger partial charge in [0.15, 0.2) is 23.2 Å². The Balaban J connectivity index is 0.00000243. The molecule has 1 aromatic heterocycles. The summed E-state index contributed by atoms with van der Waals surface area (Å²) in [5.74, 6) is 1.64. The lowest BCUT2D eigenvalue weighted by Gasteiger charge is -2.10. The standard InChI is InChI=1S/C17H20N4O4.HI/c18-17(20-7-6-19-16(22)14-3-1-8-24-14)21-12-4-5-13-15(11-12)25-10-2-9-23-13;/h1,3-5,8,11H,2,6-7,9-10H2,(H,19,22)(H3,18,20,21);1H. The summed E-state index contributed by atoms with van der Waals surface area (Å²) < 4.78 is 16.2. The van der Waals surface area contributed by atoms with Gasteiger partial charge in [-0.15, -0.1) is 24.0 Å². The number of nitrogens with zero attached hydrogens (tertiary/aromatic N) is 1. The number of amides is 1. The number of nitrogens with one attached hydrogen (secondary N) is 2. The van der Waals surface area contributed by atoms with Crippen LogP contribution in [0, 0.1) is 0 Å². The van der Waals surface area contributed by atoms with Gasteiger partial charge >= 0.3 is 0 Å². The van der Waals surface area contributed by atoms with E-state index in [1.54, 1.807) is 12.1 Å². The number of aliphatic imine (C=N–C) groups is 1. The molecule has 0 saturated heterocycles. The number of ether oxygens (including phenoxy) is 2. The van der Waals surface area contributed by atoms with Crippen LogP contribution in [0.15, 0.2) is 46.0 Å². The van der Waals surface area contributed by atoms with Gasteiger partial charge in [-0.25, -0.2) is 0 Å². The van der Waals surface area contributed by atoms with Crippen molar-refractivity contribution in [3.63, 3.8) is 0 Å². The first-order valence-corrected chi connectivity index (χ1v) is 8.00. The highest BCUT2D eigenvalue weighted by molar-refractivity contribution is 14.0. The van der Waals surface area contributed by atoms with Gasteiger partial charge in [-0.2, -0.15) is 0 Å². The maximum absolute atomic E-state index is 11.7. The Bertz CT molecular complexity index is 749. The van der Waals surface area contributed by atoms with Crippen LogP contribution in [-0.4, -0.2) is 38.2 Å². The Kier molecular flexibility index (Phi) is 7.57. The van der Waals surface area contributed by atoms with Crippen LogP contribution in [0.2, 0.25) is 0 Å². The quantitative estimate of drug-likeness (QED) is 0.267. The van der Waals surface area contributed by atoms with Crippen molar-refractivity contribution in [3.8, 4) is 11.5 Å². The Hall–Kier alpha value is -2.43. The Morgan fingerprint density at radius 2 is 2.00 bits per heavy atom. The monoisotopic (exact) mass is 472 g/mol. The summed E-state index contributed by atoms with van der Waals surface area (Å²) in [6, 6.07) is 8.75. The minimum atomic E-state index is -0.283. The molecule has 0 spiro atoms. The van der Waals surface area contributed by atoms with Crippen molar-refractivity contribution < 1.29 is 18.7 Å². The van der Waals surface area contributed by atoms with E-state index in [0.29, 0.717) is 32.1 Å². The molecule has 4 N–H and O–H groups in total. The molecule has 1 aliphatic heterocycles. The van der Waals surface area contributed by atoms with Crippen molar-refractivity contribution >= 4 is 41.5 Å². The Morgan fingerprint density at radius 1 is 1.19 bits per heavy atom. The van der Waals surface area contributed by atoms with E-state index in [1.165, 1.54) is 6.26 Å². The number of fused-ring (bicyclic) bond motifs is 1. The average Bonchev–Trinajstić information content (AvgIpc) is 3.05. The highest BCUT2D eigenvalue weighted by Crippen LogP contribution is 2.32.